The summed E-state index contributed by atoms with van der Waals surface area (Å²) >= 11 is 0. The normalized spacial score (nSPS) is 30.9. The second-order valence-corrected chi connectivity index (χ2v) is 4.54. The number of aliphatic hydroxyl groups excluding tert-OH is 1. The van der Waals surface area contributed by atoms with Gasteiger partial charge in [0.2, 0.25) is 0 Å². The maximum Gasteiger partial charge on any atom is 0.407 e. The van der Waals surface area contributed by atoms with E-state index in [-0.39, 0.29) is 11.5 Å². The number of hydrogen-bond acceptors (Lipinski definition) is 2. The lowest BCUT2D eigenvalue weighted by Crippen LogP contribution is -2.45. The summed E-state index contributed by atoms with van der Waals surface area (Å²) in [5, 5.41) is 18.7. The van der Waals surface area contributed by atoms with E-state index in [1.54, 1.807) is 0 Å². The molecule has 4 heteroatoms. The SMILES string of the molecule is O=C(O)N1CCC2(CCCC2O)CC1. The molecule has 1 saturated heterocycles. The van der Waals surface area contributed by atoms with E-state index in [4.69, 9.17) is 5.11 Å². The molecule has 1 saturated carbocycles. The van der Waals surface area contributed by atoms with E-state index in [1.165, 1.54) is 4.90 Å². The highest BCUT2D eigenvalue weighted by Crippen LogP contribution is 2.46. The minimum atomic E-state index is -0.827. The minimum Gasteiger partial charge on any atom is -0.465 e. The maximum atomic E-state index is 10.7. The first-order valence-electron chi connectivity index (χ1n) is 5.30. The third-order valence-corrected chi connectivity index (χ3v) is 3.89. The van der Waals surface area contributed by atoms with Gasteiger partial charge in [0, 0.05) is 13.1 Å². The lowest BCUT2D eigenvalue weighted by molar-refractivity contribution is 0.00261. The number of piperidine rings is 1. The first-order valence-corrected chi connectivity index (χ1v) is 5.30. The molecule has 80 valence electrons. The molecule has 2 fully saturated rings. The van der Waals surface area contributed by atoms with E-state index in [1.807, 2.05) is 0 Å². The Kier molecular flexibility index (Phi) is 2.39. The molecule has 0 aromatic heterocycles. The number of rotatable bonds is 0. The van der Waals surface area contributed by atoms with Crippen molar-refractivity contribution in [2.24, 2.45) is 5.41 Å². The van der Waals surface area contributed by atoms with Gasteiger partial charge in [-0.1, -0.05) is 6.42 Å². The van der Waals surface area contributed by atoms with E-state index in [0.29, 0.717) is 13.1 Å². The van der Waals surface area contributed by atoms with Gasteiger partial charge in [-0.2, -0.15) is 0 Å². The zero-order valence-electron chi connectivity index (χ0n) is 8.28. The van der Waals surface area contributed by atoms with Crippen molar-refractivity contribution >= 4 is 6.09 Å². The maximum absolute atomic E-state index is 10.7. The van der Waals surface area contributed by atoms with Gasteiger partial charge in [-0.05, 0) is 31.1 Å². The number of carbonyl (C=O) groups is 1. The molecule has 0 bridgehead atoms. The molecule has 1 unspecified atom stereocenters. The van der Waals surface area contributed by atoms with Gasteiger partial charge < -0.3 is 15.1 Å². The van der Waals surface area contributed by atoms with E-state index >= 15 is 0 Å². The highest BCUT2D eigenvalue weighted by atomic mass is 16.4. The van der Waals surface area contributed by atoms with Crippen molar-refractivity contribution in [2.75, 3.05) is 13.1 Å². The summed E-state index contributed by atoms with van der Waals surface area (Å²) in [5.41, 5.74) is 0.0476. The Morgan fingerprint density at radius 1 is 1.29 bits per heavy atom. The molecule has 14 heavy (non-hydrogen) atoms. The molecule has 1 atom stereocenters. The largest absolute Gasteiger partial charge is 0.465 e. The number of aliphatic hydroxyl groups is 1. The van der Waals surface area contributed by atoms with Crippen LogP contribution in [0.15, 0.2) is 0 Å². The minimum absolute atomic E-state index is 0.0476. The third-order valence-electron chi connectivity index (χ3n) is 3.89. The van der Waals surface area contributed by atoms with Crippen LogP contribution in [0.3, 0.4) is 0 Å². The van der Waals surface area contributed by atoms with Crippen molar-refractivity contribution in [1.29, 1.82) is 0 Å². The summed E-state index contributed by atoms with van der Waals surface area (Å²) in [5.74, 6) is 0. The topological polar surface area (TPSA) is 60.8 Å². The Labute approximate surface area is 83.5 Å². The second-order valence-electron chi connectivity index (χ2n) is 4.54. The average molecular weight is 199 g/mol. The van der Waals surface area contributed by atoms with Gasteiger partial charge in [0.15, 0.2) is 0 Å². The van der Waals surface area contributed by atoms with Crippen molar-refractivity contribution in [2.45, 2.75) is 38.2 Å². The predicted molar refractivity (Wildman–Crippen MR) is 51.1 cm³/mol. The van der Waals surface area contributed by atoms with Crippen LogP contribution < -0.4 is 0 Å². The summed E-state index contributed by atoms with van der Waals surface area (Å²) in [7, 11) is 0. The fourth-order valence-corrected chi connectivity index (χ4v) is 2.85. The fourth-order valence-electron chi connectivity index (χ4n) is 2.85. The zero-order valence-corrected chi connectivity index (χ0v) is 8.28. The average Bonchev–Trinajstić information content (AvgIpc) is 2.49. The fraction of sp³-hybridized carbons (Fsp3) is 0.900. The van der Waals surface area contributed by atoms with Gasteiger partial charge in [0.05, 0.1) is 6.10 Å². The summed E-state index contributed by atoms with van der Waals surface area (Å²) in [6, 6.07) is 0. The van der Waals surface area contributed by atoms with Crippen LogP contribution >= 0.6 is 0 Å². The van der Waals surface area contributed by atoms with Crippen LogP contribution in [0.5, 0.6) is 0 Å². The molecule has 1 heterocycles. The van der Waals surface area contributed by atoms with Crippen LogP contribution in [-0.2, 0) is 0 Å². The molecule has 1 aliphatic heterocycles. The molecule has 2 N–H and O–H groups in total. The van der Waals surface area contributed by atoms with Gasteiger partial charge in [-0.15, -0.1) is 0 Å². The van der Waals surface area contributed by atoms with E-state index < -0.39 is 6.09 Å². The quantitative estimate of drug-likeness (QED) is 0.618. The first-order chi connectivity index (χ1) is 6.64. The van der Waals surface area contributed by atoms with Crippen LogP contribution in [0.1, 0.15) is 32.1 Å². The molecular weight excluding hydrogens is 182 g/mol. The molecular formula is C10H17NO3. The molecule has 4 nitrogen and oxygen atoms in total. The molecule has 1 amide bonds. The van der Waals surface area contributed by atoms with Crippen LogP contribution in [-0.4, -0.2) is 40.4 Å². The van der Waals surface area contributed by atoms with Gasteiger partial charge in [0.25, 0.3) is 0 Å². The van der Waals surface area contributed by atoms with Crippen molar-refractivity contribution in [3.8, 4) is 0 Å². The van der Waals surface area contributed by atoms with E-state index in [9.17, 15) is 9.90 Å². The Hall–Kier alpha value is -0.770. The third kappa shape index (κ3) is 1.47. The summed E-state index contributed by atoms with van der Waals surface area (Å²) in [6.07, 6.45) is 3.70. The van der Waals surface area contributed by atoms with Gasteiger partial charge in [-0.3, -0.25) is 0 Å². The summed E-state index contributed by atoms with van der Waals surface area (Å²) < 4.78 is 0. The number of hydrogen-bond donors (Lipinski definition) is 2. The highest BCUT2D eigenvalue weighted by molar-refractivity contribution is 5.65. The Morgan fingerprint density at radius 3 is 2.36 bits per heavy atom. The Morgan fingerprint density at radius 2 is 1.93 bits per heavy atom. The monoisotopic (exact) mass is 199 g/mol. The molecule has 2 aliphatic rings. The standard InChI is InChI=1S/C10H17NO3/c12-8-2-1-3-10(8)4-6-11(7-5-10)9(13)14/h8,12H,1-7H2,(H,13,14). The molecule has 0 aromatic carbocycles. The van der Waals surface area contributed by atoms with Crippen LogP contribution in [0.25, 0.3) is 0 Å². The highest BCUT2D eigenvalue weighted by Gasteiger charge is 2.44. The Balaban J connectivity index is 1.98. The van der Waals surface area contributed by atoms with Crippen molar-refractivity contribution < 1.29 is 15.0 Å². The van der Waals surface area contributed by atoms with Crippen molar-refractivity contribution in [3.63, 3.8) is 0 Å². The zero-order chi connectivity index (χ0) is 10.2. The molecule has 2 rings (SSSR count). The van der Waals surface area contributed by atoms with E-state index in [2.05, 4.69) is 0 Å². The summed E-state index contributed by atoms with van der Waals surface area (Å²) in [4.78, 5) is 12.2. The van der Waals surface area contributed by atoms with Gasteiger partial charge in [-0.25, -0.2) is 4.79 Å². The van der Waals surface area contributed by atoms with Crippen molar-refractivity contribution in [3.05, 3.63) is 0 Å². The van der Waals surface area contributed by atoms with Crippen LogP contribution in [0.2, 0.25) is 0 Å². The van der Waals surface area contributed by atoms with Crippen LogP contribution in [0.4, 0.5) is 4.79 Å². The number of nitrogens with zero attached hydrogens (tertiary/aromatic N) is 1. The van der Waals surface area contributed by atoms with Gasteiger partial charge in [0.1, 0.15) is 0 Å². The Bertz CT molecular complexity index is 234. The van der Waals surface area contributed by atoms with E-state index in [0.717, 1.165) is 32.1 Å². The lowest BCUT2D eigenvalue weighted by atomic mass is 9.75. The molecule has 0 radical (unpaired) electrons. The number of amides is 1. The molecule has 1 spiro atoms. The van der Waals surface area contributed by atoms with Gasteiger partial charge >= 0.3 is 6.09 Å². The number of likely N-dealkylation sites (tertiary alicyclic amines) is 1. The van der Waals surface area contributed by atoms with Crippen molar-refractivity contribution in [1.82, 2.24) is 4.90 Å². The predicted octanol–water partition coefficient (Wildman–Crippen LogP) is 1.29. The second kappa shape index (κ2) is 3.42. The first kappa shape index (κ1) is 9.77. The smallest absolute Gasteiger partial charge is 0.407 e. The van der Waals surface area contributed by atoms with Crippen LogP contribution in [0, 0.1) is 5.41 Å². The molecule has 1 aliphatic carbocycles. The lowest BCUT2D eigenvalue weighted by Gasteiger charge is -2.40. The number of carboxylic acid groups (broad SMARTS) is 1. The molecule has 0 aromatic rings. The summed E-state index contributed by atoms with van der Waals surface area (Å²) in [6.45, 7) is 1.18.